The average molecular weight is 1870 g/mol. The first kappa shape index (κ1) is 81.8. The number of furan rings is 1. The van der Waals surface area contributed by atoms with E-state index in [4.69, 9.17) is 44.3 Å². The Balaban J connectivity index is 0.000000100. The van der Waals surface area contributed by atoms with Gasteiger partial charge >= 0.3 is 0 Å². The Morgan fingerprint density at radius 1 is 0.170 bits per heavy atom. The maximum absolute atomic E-state index is 6.32. The molecule has 9 heterocycles. The Hall–Kier alpha value is -20.0. The van der Waals surface area contributed by atoms with Gasteiger partial charge < -0.3 is 8.82 Å². The zero-order valence-corrected chi connectivity index (χ0v) is 78.8. The van der Waals surface area contributed by atoms with Gasteiger partial charge in [-0.05, 0) is 177 Å². The molecule has 22 aromatic carbocycles. The summed E-state index contributed by atoms with van der Waals surface area (Å²) in [7, 11) is 0. The van der Waals surface area contributed by atoms with Crippen molar-refractivity contribution in [2.75, 3.05) is 0 Å². The highest BCUT2D eigenvalue weighted by Crippen LogP contribution is 2.55. The maximum atomic E-state index is 6.32. The Labute approximate surface area is 839 Å². The number of para-hydroxylation sites is 4. The second-order valence-electron chi connectivity index (χ2n) is 38.2. The molecule has 0 bridgehead atoms. The lowest BCUT2D eigenvalue weighted by Gasteiger charge is -2.16. The van der Waals surface area contributed by atoms with Crippen LogP contribution in [0.25, 0.3) is 310 Å². The lowest BCUT2D eigenvalue weighted by atomic mass is 9.89. The minimum Gasteiger partial charge on any atom is -0.456 e. The molecule has 0 aliphatic heterocycles. The fourth-order valence-electron chi connectivity index (χ4n) is 23.9. The van der Waals surface area contributed by atoms with Crippen LogP contribution >= 0.6 is 0 Å². The number of rotatable bonds is 10. The van der Waals surface area contributed by atoms with Gasteiger partial charge in [0, 0.05) is 92.5 Å². The van der Waals surface area contributed by atoms with Gasteiger partial charge in [0.25, 0.3) is 0 Å². The molecule has 2 aliphatic carbocycles. The third-order valence-electron chi connectivity index (χ3n) is 30.3. The molecule has 0 atom stereocenters. The van der Waals surface area contributed by atoms with Crippen LogP contribution in [0.1, 0.15) is 0 Å². The molecule has 0 amide bonds. The van der Waals surface area contributed by atoms with Crippen LogP contribution in [0, 0.1) is 0 Å². The van der Waals surface area contributed by atoms with E-state index in [-0.39, 0.29) is 0 Å². The van der Waals surface area contributed by atoms with Crippen LogP contribution in [0.4, 0.5) is 0 Å². The molecular weight excluding hydrogens is 1790 g/mol. The van der Waals surface area contributed by atoms with Gasteiger partial charge in [-0.15, -0.1) is 0 Å². The minimum absolute atomic E-state index is 0.590. The smallest absolute Gasteiger partial charge is 0.238 e. The fraction of sp³-hybridized carbons (Fsp3) is 0. The number of aromatic nitrogens is 12. The number of nitrogens with zero attached hydrogens (tertiary/aromatic N) is 12. The van der Waals surface area contributed by atoms with Gasteiger partial charge in [-0.1, -0.05) is 400 Å². The molecule has 31 aromatic rings. The monoisotopic (exact) mass is 1870 g/mol. The minimum atomic E-state index is 0.590. The van der Waals surface area contributed by atoms with Gasteiger partial charge in [0.2, 0.25) is 17.8 Å². The predicted molar refractivity (Wildman–Crippen MR) is 604 cm³/mol. The third kappa shape index (κ3) is 12.5. The van der Waals surface area contributed by atoms with Gasteiger partial charge in [-0.2, -0.15) is 19.9 Å². The second-order valence-corrected chi connectivity index (χ2v) is 38.2. The summed E-state index contributed by atoms with van der Waals surface area (Å²) in [6, 6.07) is 167. The number of hydrogen-bond donors (Lipinski definition) is 0. The number of benzene rings is 22. The van der Waals surface area contributed by atoms with Crippen molar-refractivity contribution in [2.45, 2.75) is 0 Å². The quantitative estimate of drug-likeness (QED) is 0.131. The molecule has 33 rings (SSSR count). The topological polar surface area (TPSA) is 135 Å². The average Bonchev–Trinajstić information content (AvgIpc) is 1.59. The van der Waals surface area contributed by atoms with Gasteiger partial charge in [-0.3, -0.25) is 13.7 Å². The number of hydrogen-bond acceptors (Lipinski definition) is 9. The van der Waals surface area contributed by atoms with E-state index in [2.05, 4.69) is 425 Å². The van der Waals surface area contributed by atoms with E-state index >= 15 is 0 Å². The van der Waals surface area contributed by atoms with E-state index in [9.17, 15) is 0 Å². The Morgan fingerprint density at radius 2 is 0.531 bits per heavy atom. The van der Waals surface area contributed by atoms with Gasteiger partial charge in [0.15, 0.2) is 23.3 Å². The summed E-state index contributed by atoms with van der Waals surface area (Å²) in [6.07, 6.45) is 0. The normalized spacial score (nSPS) is 12.1. The molecule has 0 radical (unpaired) electrons. The first-order valence-electron chi connectivity index (χ1n) is 49.8. The van der Waals surface area contributed by atoms with E-state index in [1.54, 1.807) is 0 Å². The van der Waals surface area contributed by atoms with Crippen molar-refractivity contribution in [1.82, 2.24) is 58.0 Å². The van der Waals surface area contributed by atoms with Gasteiger partial charge in [0.05, 0.1) is 60.9 Å². The van der Waals surface area contributed by atoms with Crippen molar-refractivity contribution in [3.63, 3.8) is 0 Å². The summed E-state index contributed by atoms with van der Waals surface area (Å²) in [5.74, 6) is 4.39. The van der Waals surface area contributed by atoms with Crippen LogP contribution in [-0.2, 0) is 0 Å². The summed E-state index contributed by atoms with van der Waals surface area (Å²) in [4.78, 5) is 41.6. The van der Waals surface area contributed by atoms with E-state index in [1.807, 2.05) is 66.7 Å². The van der Waals surface area contributed by atoms with Crippen molar-refractivity contribution in [1.29, 1.82) is 0 Å². The summed E-state index contributed by atoms with van der Waals surface area (Å²) >= 11 is 0. The van der Waals surface area contributed by atoms with E-state index in [0.717, 1.165) is 111 Å². The van der Waals surface area contributed by atoms with Crippen LogP contribution in [0.15, 0.2) is 478 Å². The zero-order chi connectivity index (χ0) is 96.2. The summed E-state index contributed by atoms with van der Waals surface area (Å²) < 4.78 is 15.5. The SMILES string of the molecule is c1ccc(-c2ccc(-c3nc(-c4ccc(-c5ccccc5)cc4)nc(-n4c5cccc6c5c5c7c(cccc7ccc54)-c4ccccc4-6)n3)cc2)cc1.c1ccc(-c2nc(-c3ccccc3)nc(-n3c4cccc5c4c4c6c(cccc6ccc43)-c3c-5ccc4ccccc34)n2)cc1.c1ccc2c(-c3ccc4c(c3)oc3ccccc34)nc(-n3c4cccc5c6ccccc6n6c7ccccc7c7ccc3c(c54)c76)nc2c1. The van der Waals surface area contributed by atoms with Crippen molar-refractivity contribution >= 4 is 169 Å². The summed E-state index contributed by atoms with van der Waals surface area (Å²) in [5, 5.41) is 23.0. The summed E-state index contributed by atoms with van der Waals surface area (Å²) in [6.45, 7) is 0. The molecule has 2 aliphatic rings. The highest BCUT2D eigenvalue weighted by molar-refractivity contribution is 6.36. The Morgan fingerprint density at radius 3 is 1.12 bits per heavy atom. The van der Waals surface area contributed by atoms with Crippen LogP contribution in [-0.4, -0.2) is 58.0 Å². The molecule has 9 aromatic heterocycles. The van der Waals surface area contributed by atoms with E-state index < -0.39 is 0 Å². The third-order valence-corrected chi connectivity index (χ3v) is 30.3. The molecule has 0 saturated heterocycles. The van der Waals surface area contributed by atoms with Crippen molar-refractivity contribution < 1.29 is 4.42 Å². The molecule has 0 N–H and O–H groups in total. The molecule has 13 nitrogen and oxygen atoms in total. The van der Waals surface area contributed by atoms with Crippen molar-refractivity contribution in [3.05, 3.63) is 473 Å². The Kier molecular flexibility index (Phi) is 17.9. The van der Waals surface area contributed by atoms with Gasteiger partial charge in [-0.25, -0.2) is 19.9 Å². The molecule has 13 heteroatoms. The molecule has 0 saturated carbocycles. The van der Waals surface area contributed by atoms with Crippen molar-refractivity contribution in [2.24, 2.45) is 0 Å². The van der Waals surface area contributed by atoms with Crippen molar-refractivity contribution in [3.8, 4) is 141 Å². The molecule has 147 heavy (non-hydrogen) atoms. The highest BCUT2D eigenvalue weighted by Gasteiger charge is 2.32. The van der Waals surface area contributed by atoms with Crippen LogP contribution in [0.5, 0.6) is 0 Å². The molecule has 0 spiro atoms. The zero-order valence-electron chi connectivity index (χ0n) is 78.8. The molecule has 680 valence electrons. The van der Waals surface area contributed by atoms with E-state index in [1.165, 1.54) is 158 Å². The largest absolute Gasteiger partial charge is 0.456 e. The van der Waals surface area contributed by atoms with Crippen LogP contribution in [0.2, 0.25) is 0 Å². The second kappa shape index (κ2) is 32.3. The lowest BCUT2D eigenvalue weighted by molar-refractivity contribution is 0.669. The first-order valence-corrected chi connectivity index (χ1v) is 49.8. The standard InChI is InChI=1S/C49H30N4.C44H24N4O.C41H24N4/c1-3-11-31(12-4-1)33-21-25-36(26-22-33)47-50-48(37-27-23-34(24-28-37)32-13-5-2-6-14-32)52-49(51-47)53-42-20-10-19-41-39-17-8-7-16-38(39)40-18-9-15-35-29-30-43(53)46(44(35)40)45(41)42;1-5-15-33-32(13-1)42(25-20-21-29-28-12-4-8-19-38(28)49-39(29)24-25)46-44(45-33)48-36-18-9-14-30-26-10-2-6-16-34(26)47-35-17-7-3-11-27(35)31-22-23-37(48)41(40(30)36)43(31)47;1-3-12-27(13-4-1)39-42-40(28-14-5-2-6-15-28)44-41(43-39)45-33-20-10-18-30-31-23-21-25-11-7-8-17-29(25)36(31)32-19-9-16-26-22-24-34(45)38(35(26)32)37(30)33/h1-30H;1-24H;1-24H. The molecule has 0 unspecified atom stereocenters. The summed E-state index contributed by atoms with van der Waals surface area (Å²) in [5.41, 5.74) is 32.9. The first-order chi connectivity index (χ1) is 72.9. The molecule has 0 fully saturated rings. The number of fused-ring (bicyclic) bond motifs is 18. The lowest BCUT2D eigenvalue weighted by Crippen LogP contribution is -2.06. The van der Waals surface area contributed by atoms with E-state index in [0.29, 0.717) is 41.1 Å². The predicted octanol–water partition coefficient (Wildman–Crippen LogP) is 34.1. The fourth-order valence-corrected chi connectivity index (χ4v) is 23.9. The highest BCUT2D eigenvalue weighted by atomic mass is 16.3. The van der Waals surface area contributed by atoms with Gasteiger partial charge in [0.1, 0.15) is 11.2 Å². The maximum Gasteiger partial charge on any atom is 0.238 e. The Bertz CT molecular complexity index is 10800. The van der Waals surface area contributed by atoms with Crippen LogP contribution in [0.3, 0.4) is 0 Å². The molecular formula is C134H78N12O. The van der Waals surface area contributed by atoms with Crippen LogP contribution < -0.4 is 0 Å².